The second kappa shape index (κ2) is 4.43. The van der Waals surface area contributed by atoms with Gasteiger partial charge in [0, 0.05) is 6.20 Å². The van der Waals surface area contributed by atoms with Gasteiger partial charge in [-0.15, -0.1) is 0 Å². The molecule has 6 heteroatoms. The first-order valence-electron chi connectivity index (χ1n) is 4.46. The van der Waals surface area contributed by atoms with Crippen molar-refractivity contribution in [3.05, 3.63) is 42.4 Å². The smallest absolute Gasteiger partial charge is 0.392 e. The van der Waals surface area contributed by atoms with Crippen LogP contribution in [0.4, 0.5) is 0 Å². The number of aromatic nitrogens is 2. The molecule has 0 bridgehead atoms. The Kier molecular flexibility index (Phi) is 2.81. The molecule has 0 fully saturated rings. The lowest BCUT2D eigenvalue weighted by Crippen LogP contribution is -1.99. The predicted octanol–water partition coefficient (Wildman–Crippen LogP) is 1.35. The van der Waals surface area contributed by atoms with Crippen molar-refractivity contribution >= 4 is 5.97 Å². The maximum Gasteiger partial charge on any atom is 0.392 e. The van der Waals surface area contributed by atoms with Crippen molar-refractivity contribution in [2.75, 3.05) is 0 Å². The summed E-state index contributed by atoms with van der Waals surface area (Å²) in [6.07, 6.45) is 4.43. The number of nitrogens with zero attached hydrogens (tertiary/aromatic N) is 2. The van der Waals surface area contributed by atoms with E-state index in [1.54, 1.807) is 24.5 Å². The van der Waals surface area contributed by atoms with E-state index < -0.39 is 5.97 Å². The van der Waals surface area contributed by atoms with E-state index in [9.17, 15) is 4.79 Å². The molecule has 0 amide bonds. The molecule has 0 unspecified atom stereocenters. The molecule has 2 heterocycles. The Hall–Kier alpha value is -2.37. The number of hydrogen-bond acceptors (Lipinski definition) is 5. The molecule has 0 saturated heterocycles. The fourth-order valence-corrected chi connectivity index (χ4v) is 1.06. The number of carbonyl (C=O) groups is 1. The molecule has 2 aromatic heterocycles. The van der Waals surface area contributed by atoms with E-state index in [1.807, 2.05) is 0 Å². The molecule has 0 spiro atoms. The molecule has 0 aliphatic rings. The van der Waals surface area contributed by atoms with E-state index in [0.29, 0.717) is 11.4 Å². The summed E-state index contributed by atoms with van der Waals surface area (Å²) in [5.41, 5.74) is 0.418. The topological polar surface area (TPSA) is 85.5 Å². The normalized spacial score (nSPS) is 10.0. The SMILES string of the molecule is O=C(O)c1nc(COc2cccnc2)co1. The summed E-state index contributed by atoms with van der Waals surface area (Å²) in [5.74, 6) is -0.959. The monoisotopic (exact) mass is 220 g/mol. The molecule has 0 aliphatic heterocycles. The van der Waals surface area contributed by atoms with Gasteiger partial charge in [0.1, 0.15) is 24.3 Å². The van der Waals surface area contributed by atoms with Crippen molar-refractivity contribution in [3.63, 3.8) is 0 Å². The summed E-state index contributed by atoms with van der Waals surface area (Å²) in [5, 5.41) is 8.58. The summed E-state index contributed by atoms with van der Waals surface area (Å²) in [6.45, 7) is 0.141. The minimum atomic E-state index is -1.20. The van der Waals surface area contributed by atoms with Gasteiger partial charge in [0.15, 0.2) is 0 Å². The maximum absolute atomic E-state index is 10.5. The first kappa shape index (κ1) is 10.2. The zero-order chi connectivity index (χ0) is 11.4. The van der Waals surface area contributed by atoms with E-state index in [2.05, 4.69) is 9.97 Å². The minimum Gasteiger partial charge on any atom is -0.486 e. The largest absolute Gasteiger partial charge is 0.486 e. The molecule has 2 aromatic rings. The number of aromatic carboxylic acids is 1. The highest BCUT2D eigenvalue weighted by Crippen LogP contribution is 2.10. The average Bonchev–Trinajstić information content (AvgIpc) is 2.76. The third kappa shape index (κ3) is 2.35. The van der Waals surface area contributed by atoms with Crippen molar-refractivity contribution in [1.82, 2.24) is 9.97 Å². The molecule has 0 aromatic carbocycles. The number of rotatable bonds is 4. The molecule has 0 radical (unpaired) electrons. The van der Waals surface area contributed by atoms with Gasteiger partial charge in [0.25, 0.3) is 0 Å². The van der Waals surface area contributed by atoms with Gasteiger partial charge in [-0.1, -0.05) is 0 Å². The minimum absolute atomic E-state index is 0.141. The summed E-state index contributed by atoms with van der Waals surface area (Å²) >= 11 is 0. The lowest BCUT2D eigenvalue weighted by atomic mass is 10.4. The lowest BCUT2D eigenvalue weighted by Gasteiger charge is -2.01. The van der Waals surface area contributed by atoms with Gasteiger partial charge in [-0.3, -0.25) is 4.98 Å². The molecule has 0 atom stereocenters. The molecular formula is C10H8N2O4. The molecule has 0 saturated carbocycles. The predicted molar refractivity (Wildman–Crippen MR) is 52.0 cm³/mol. The Morgan fingerprint density at radius 2 is 2.44 bits per heavy atom. The van der Waals surface area contributed by atoms with Crippen molar-refractivity contribution in [2.24, 2.45) is 0 Å². The summed E-state index contributed by atoms with van der Waals surface area (Å²) < 4.78 is 10.0. The van der Waals surface area contributed by atoms with E-state index >= 15 is 0 Å². The second-order valence-electron chi connectivity index (χ2n) is 2.93. The molecule has 16 heavy (non-hydrogen) atoms. The number of pyridine rings is 1. The highest BCUT2D eigenvalue weighted by Gasteiger charge is 2.11. The summed E-state index contributed by atoms with van der Waals surface area (Å²) in [4.78, 5) is 18.1. The van der Waals surface area contributed by atoms with Crippen LogP contribution in [0.2, 0.25) is 0 Å². The number of hydrogen-bond donors (Lipinski definition) is 1. The Labute approximate surface area is 90.5 Å². The highest BCUT2D eigenvalue weighted by atomic mass is 16.5. The molecule has 2 rings (SSSR count). The number of ether oxygens (including phenoxy) is 1. The number of carboxylic acids is 1. The fraction of sp³-hybridized carbons (Fsp3) is 0.100. The van der Waals surface area contributed by atoms with Crippen LogP contribution < -0.4 is 4.74 Å². The van der Waals surface area contributed by atoms with Gasteiger partial charge in [0.2, 0.25) is 0 Å². The zero-order valence-electron chi connectivity index (χ0n) is 8.16. The van der Waals surface area contributed by atoms with Gasteiger partial charge in [-0.05, 0) is 12.1 Å². The van der Waals surface area contributed by atoms with Crippen LogP contribution >= 0.6 is 0 Å². The van der Waals surface area contributed by atoms with Crippen LogP contribution in [0.5, 0.6) is 5.75 Å². The highest BCUT2D eigenvalue weighted by molar-refractivity contribution is 5.82. The van der Waals surface area contributed by atoms with Crippen LogP contribution in [0.3, 0.4) is 0 Å². The molecule has 6 nitrogen and oxygen atoms in total. The van der Waals surface area contributed by atoms with Crippen LogP contribution in [0.25, 0.3) is 0 Å². The molecule has 1 N–H and O–H groups in total. The molecular weight excluding hydrogens is 212 g/mol. The number of oxazole rings is 1. The van der Waals surface area contributed by atoms with Crippen LogP contribution in [0, 0.1) is 0 Å². The average molecular weight is 220 g/mol. The van der Waals surface area contributed by atoms with Gasteiger partial charge < -0.3 is 14.3 Å². The van der Waals surface area contributed by atoms with Gasteiger partial charge >= 0.3 is 11.9 Å². The van der Waals surface area contributed by atoms with Crippen molar-refractivity contribution in [1.29, 1.82) is 0 Å². The Morgan fingerprint density at radius 1 is 1.56 bits per heavy atom. The van der Waals surface area contributed by atoms with Gasteiger partial charge in [-0.25, -0.2) is 9.78 Å². The second-order valence-corrected chi connectivity index (χ2v) is 2.93. The van der Waals surface area contributed by atoms with E-state index in [0.717, 1.165) is 0 Å². The first-order valence-corrected chi connectivity index (χ1v) is 4.46. The first-order chi connectivity index (χ1) is 7.75. The Bertz CT molecular complexity index is 481. The third-order valence-corrected chi connectivity index (χ3v) is 1.76. The van der Waals surface area contributed by atoms with E-state index in [1.165, 1.54) is 6.26 Å². The zero-order valence-corrected chi connectivity index (χ0v) is 8.16. The Morgan fingerprint density at radius 3 is 3.06 bits per heavy atom. The fourth-order valence-electron chi connectivity index (χ4n) is 1.06. The quantitative estimate of drug-likeness (QED) is 0.836. The van der Waals surface area contributed by atoms with Crippen molar-refractivity contribution in [2.45, 2.75) is 6.61 Å². The van der Waals surface area contributed by atoms with Gasteiger partial charge in [-0.2, -0.15) is 0 Å². The summed E-state index contributed by atoms with van der Waals surface area (Å²) in [7, 11) is 0. The van der Waals surface area contributed by atoms with E-state index in [-0.39, 0.29) is 12.5 Å². The van der Waals surface area contributed by atoms with Gasteiger partial charge in [0.05, 0.1) is 6.20 Å². The third-order valence-electron chi connectivity index (χ3n) is 1.76. The van der Waals surface area contributed by atoms with Crippen LogP contribution in [0.1, 0.15) is 16.4 Å². The van der Waals surface area contributed by atoms with Crippen molar-refractivity contribution in [3.8, 4) is 5.75 Å². The number of carboxylic acid groups (broad SMARTS) is 1. The summed E-state index contributed by atoms with van der Waals surface area (Å²) in [6, 6.07) is 3.48. The van der Waals surface area contributed by atoms with Crippen LogP contribution in [0.15, 0.2) is 35.2 Å². The van der Waals surface area contributed by atoms with Crippen LogP contribution in [-0.4, -0.2) is 21.0 Å². The van der Waals surface area contributed by atoms with E-state index in [4.69, 9.17) is 14.3 Å². The van der Waals surface area contributed by atoms with Crippen molar-refractivity contribution < 1.29 is 19.1 Å². The Balaban J connectivity index is 1.97. The molecule has 0 aliphatic carbocycles. The van der Waals surface area contributed by atoms with Crippen LogP contribution in [-0.2, 0) is 6.61 Å². The standard InChI is InChI=1S/C10H8N2O4/c13-10(14)9-12-7(6-16-9)5-15-8-2-1-3-11-4-8/h1-4,6H,5H2,(H,13,14). The maximum atomic E-state index is 10.5. The lowest BCUT2D eigenvalue weighted by molar-refractivity contribution is 0.0653. The molecule has 82 valence electrons.